The van der Waals surface area contributed by atoms with E-state index < -0.39 is 5.92 Å². The molecule has 34 heavy (non-hydrogen) atoms. The van der Waals surface area contributed by atoms with E-state index in [0.29, 0.717) is 27.2 Å². The molecule has 0 spiro atoms. The van der Waals surface area contributed by atoms with Crippen molar-refractivity contribution < 1.29 is 14.3 Å². The number of halogens is 2. The normalized spacial score (nSPS) is 15.5. The molecule has 7 heteroatoms. The van der Waals surface area contributed by atoms with Gasteiger partial charge in [0.05, 0.1) is 21.7 Å². The third-order valence-corrected chi connectivity index (χ3v) is 6.63. The van der Waals surface area contributed by atoms with E-state index in [9.17, 15) is 9.59 Å². The van der Waals surface area contributed by atoms with Crippen molar-refractivity contribution in [3.63, 3.8) is 0 Å². The molecule has 4 aromatic carbocycles. The van der Waals surface area contributed by atoms with Crippen LogP contribution in [0.5, 0.6) is 11.5 Å². The lowest BCUT2D eigenvalue weighted by Crippen LogP contribution is -2.28. The van der Waals surface area contributed by atoms with E-state index in [2.05, 4.69) is 5.32 Å². The molecule has 5 rings (SSSR count). The minimum atomic E-state index is -0.492. The van der Waals surface area contributed by atoms with Crippen molar-refractivity contribution >= 4 is 57.2 Å². The highest BCUT2D eigenvalue weighted by Gasteiger charge is 2.36. The summed E-state index contributed by atoms with van der Waals surface area (Å²) in [5.41, 5.74) is 1.14. The van der Waals surface area contributed by atoms with Gasteiger partial charge in [-0.1, -0.05) is 65.7 Å². The minimum Gasteiger partial charge on any atom is -0.457 e. The van der Waals surface area contributed by atoms with Crippen LogP contribution in [0.15, 0.2) is 84.9 Å². The second-order valence-corrected chi connectivity index (χ2v) is 8.86. The maximum Gasteiger partial charge on any atom is 0.229 e. The number of ether oxygens (including phenoxy) is 1. The van der Waals surface area contributed by atoms with Gasteiger partial charge in [-0.2, -0.15) is 0 Å². The first-order chi connectivity index (χ1) is 16.5. The van der Waals surface area contributed by atoms with Crippen LogP contribution in [0.3, 0.4) is 0 Å². The van der Waals surface area contributed by atoms with Crippen LogP contribution < -0.4 is 15.0 Å². The quantitative estimate of drug-likeness (QED) is 0.329. The Labute approximate surface area is 206 Å². The molecule has 1 saturated heterocycles. The summed E-state index contributed by atoms with van der Waals surface area (Å²) in [4.78, 5) is 26.9. The molecule has 0 aliphatic carbocycles. The van der Waals surface area contributed by atoms with Gasteiger partial charge in [0.15, 0.2) is 0 Å². The summed E-state index contributed by atoms with van der Waals surface area (Å²) < 4.78 is 6.06. The van der Waals surface area contributed by atoms with E-state index in [4.69, 9.17) is 27.9 Å². The first-order valence-electron chi connectivity index (χ1n) is 10.8. The maximum atomic E-state index is 12.8. The molecule has 0 unspecified atom stereocenters. The molecule has 0 aromatic heterocycles. The van der Waals surface area contributed by atoms with Gasteiger partial charge in [0.1, 0.15) is 11.5 Å². The van der Waals surface area contributed by atoms with E-state index in [-0.39, 0.29) is 24.8 Å². The van der Waals surface area contributed by atoms with Crippen LogP contribution in [0, 0.1) is 5.92 Å². The number of carbonyl (C=O) groups excluding carboxylic acids is 2. The third-order valence-electron chi connectivity index (χ3n) is 5.82. The molecule has 1 atom stereocenters. The molecular formula is C27H20Cl2N2O3. The SMILES string of the molecule is O=C(Nc1ccc(Oc2cccc3ccccc23)cc1)[C@@H]1CC(=O)N(c2cccc(Cl)c2Cl)C1. The number of hydrogen-bond acceptors (Lipinski definition) is 3. The molecule has 1 aliphatic heterocycles. The topological polar surface area (TPSA) is 58.6 Å². The highest BCUT2D eigenvalue weighted by Crippen LogP contribution is 2.36. The van der Waals surface area contributed by atoms with Crippen molar-refractivity contribution in [1.29, 1.82) is 0 Å². The number of carbonyl (C=O) groups is 2. The standard InChI is InChI=1S/C27H20Cl2N2O3/c28-22-8-4-9-23(26(22)29)31-16-18(15-25(31)32)27(33)30-19-11-13-20(14-12-19)34-24-10-3-6-17-5-1-2-7-21(17)24/h1-14,18H,15-16H2,(H,30,33)/t18-/m1/s1. The van der Waals surface area contributed by atoms with Crippen molar-refractivity contribution in [2.45, 2.75) is 6.42 Å². The van der Waals surface area contributed by atoms with Crippen LogP contribution in [0.1, 0.15) is 6.42 Å². The van der Waals surface area contributed by atoms with Gasteiger partial charge < -0.3 is 15.0 Å². The van der Waals surface area contributed by atoms with E-state index in [1.54, 1.807) is 42.5 Å². The molecule has 1 fully saturated rings. The lowest BCUT2D eigenvalue weighted by Gasteiger charge is -2.18. The molecule has 5 nitrogen and oxygen atoms in total. The minimum absolute atomic E-state index is 0.108. The van der Waals surface area contributed by atoms with Crippen molar-refractivity contribution in [2.24, 2.45) is 5.92 Å². The van der Waals surface area contributed by atoms with Crippen LogP contribution in [-0.4, -0.2) is 18.4 Å². The number of nitrogens with zero attached hydrogens (tertiary/aromatic N) is 1. The zero-order valence-corrected chi connectivity index (χ0v) is 19.5. The Kier molecular flexibility index (Phi) is 6.14. The number of fused-ring (bicyclic) bond motifs is 1. The van der Waals surface area contributed by atoms with Gasteiger partial charge in [-0.05, 0) is 47.9 Å². The molecule has 1 aliphatic rings. The smallest absolute Gasteiger partial charge is 0.229 e. The highest BCUT2D eigenvalue weighted by molar-refractivity contribution is 6.44. The average molecular weight is 491 g/mol. The van der Waals surface area contributed by atoms with Crippen molar-refractivity contribution in [2.75, 3.05) is 16.8 Å². The number of rotatable bonds is 5. The van der Waals surface area contributed by atoms with Gasteiger partial charge in [-0.3, -0.25) is 9.59 Å². The molecule has 0 bridgehead atoms. The molecule has 1 N–H and O–H groups in total. The average Bonchev–Trinajstić information content (AvgIpc) is 3.24. The highest BCUT2D eigenvalue weighted by atomic mass is 35.5. The second kappa shape index (κ2) is 9.37. The Morgan fingerprint density at radius 3 is 2.47 bits per heavy atom. The largest absolute Gasteiger partial charge is 0.457 e. The fraction of sp³-hybridized carbons (Fsp3) is 0.111. The van der Waals surface area contributed by atoms with Crippen LogP contribution in [0.2, 0.25) is 10.0 Å². The zero-order chi connectivity index (χ0) is 23.7. The van der Waals surface area contributed by atoms with Gasteiger partial charge in [0.25, 0.3) is 0 Å². The van der Waals surface area contributed by atoms with Gasteiger partial charge in [-0.25, -0.2) is 0 Å². The molecule has 4 aromatic rings. The summed E-state index contributed by atoms with van der Waals surface area (Å²) in [5, 5.41) is 5.69. The molecule has 0 saturated carbocycles. The van der Waals surface area contributed by atoms with Gasteiger partial charge in [-0.15, -0.1) is 0 Å². The summed E-state index contributed by atoms with van der Waals surface area (Å²) in [5.74, 6) is 0.542. The van der Waals surface area contributed by atoms with Crippen LogP contribution >= 0.6 is 23.2 Å². The van der Waals surface area contributed by atoms with Crippen molar-refractivity contribution in [1.82, 2.24) is 0 Å². The summed E-state index contributed by atoms with van der Waals surface area (Å²) in [6, 6.07) is 26.2. The molecular weight excluding hydrogens is 471 g/mol. The predicted octanol–water partition coefficient (Wildman–Crippen LogP) is 6.93. The molecule has 2 amide bonds. The summed E-state index contributed by atoms with van der Waals surface area (Å²) in [6.07, 6.45) is 0.108. The molecule has 1 heterocycles. The van der Waals surface area contributed by atoms with E-state index in [0.717, 1.165) is 16.5 Å². The Morgan fingerprint density at radius 1 is 0.912 bits per heavy atom. The second-order valence-electron chi connectivity index (χ2n) is 8.07. The fourth-order valence-electron chi connectivity index (χ4n) is 4.08. The molecule has 0 radical (unpaired) electrons. The fourth-order valence-corrected chi connectivity index (χ4v) is 4.48. The number of hydrogen-bond donors (Lipinski definition) is 1. The number of benzene rings is 4. The van der Waals surface area contributed by atoms with E-state index in [1.165, 1.54) is 4.90 Å². The molecule has 170 valence electrons. The Hall–Kier alpha value is -3.54. The lowest BCUT2D eigenvalue weighted by atomic mass is 10.1. The van der Waals surface area contributed by atoms with Gasteiger partial charge >= 0.3 is 0 Å². The summed E-state index contributed by atoms with van der Waals surface area (Å²) >= 11 is 12.3. The zero-order valence-electron chi connectivity index (χ0n) is 18.0. The van der Waals surface area contributed by atoms with E-state index >= 15 is 0 Å². The monoisotopic (exact) mass is 490 g/mol. The van der Waals surface area contributed by atoms with E-state index in [1.807, 2.05) is 42.5 Å². The number of nitrogens with one attached hydrogen (secondary N) is 1. The van der Waals surface area contributed by atoms with Crippen molar-refractivity contribution in [3.05, 3.63) is 95.0 Å². The summed E-state index contributed by atoms with van der Waals surface area (Å²) in [6.45, 7) is 0.243. The van der Waals surface area contributed by atoms with Crippen molar-refractivity contribution in [3.8, 4) is 11.5 Å². The van der Waals surface area contributed by atoms with Crippen LogP contribution in [0.4, 0.5) is 11.4 Å². The number of anilines is 2. The van der Waals surface area contributed by atoms with Crippen LogP contribution in [-0.2, 0) is 9.59 Å². The van der Waals surface area contributed by atoms with Gasteiger partial charge in [0, 0.05) is 24.0 Å². The Morgan fingerprint density at radius 2 is 1.65 bits per heavy atom. The third kappa shape index (κ3) is 4.45. The Bertz CT molecular complexity index is 1380. The first-order valence-corrected chi connectivity index (χ1v) is 11.6. The van der Waals surface area contributed by atoms with Gasteiger partial charge in [0.2, 0.25) is 11.8 Å². The maximum absolute atomic E-state index is 12.8. The number of amides is 2. The van der Waals surface area contributed by atoms with Crippen LogP contribution in [0.25, 0.3) is 10.8 Å². The predicted molar refractivity (Wildman–Crippen MR) is 136 cm³/mol. The summed E-state index contributed by atoms with van der Waals surface area (Å²) in [7, 11) is 0. The Balaban J connectivity index is 1.25. The lowest BCUT2D eigenvalue weighted by molar-refractivity contribution is -0.122. The first kappa shape index (κ1) is 22.3.